The van der Waals surface area contributed by atoms with Crippen LogP contribution in [0.2, 0.25) is 0 Å². The van der Waals surface area contributed by atoms with E-state index in [4.69, 9.17) is 0 Å². The summed E-state index contributed by atoms with van der Waals surface area (Å²) < 4.78 is 0. The zero-order chi connectivity index (χ0) is 7.94. The van der Waals surface area contributed by atoms with E-state index in [1.54, 1.807) is 0 Å². The molecule has 1 atom stereocenters. The number of hydrogen-bond donors (Lipinski definition) is 0. The van der Waals surface area contributed by atoms with Gasteiger partial charge in [0.25, 0.3) is 0 Å². The van der Waals surface area contributed by atoms with E-state index in [9.17, 15) is 0 Å². The zero-order valence-corrected chi connectivity index (χ0v) is 7.55. The molecule has 0 aliphatic heterocycles. The molecule has 1 radical (unpaired) electrons. The van der Waals surface area contributed by atoms with Crippen LogP contribution in [0, 0.1) is 12.3 Å². The zero-order valence-electron chi connectivity index (χ0n) is 7.55. The molecule has 1 aliphatic rings. The maximum atomic E-state index is 2.37. The van der Waals surface area contributed by atoms with Gasteiger partial charge in [-0.2, -0.15) is 0 Å². The van der Waals surface area contributed by atoms with Crippen molar-refractivity contribution in [1.29, 1.82) is 0 Å². The minimum absolute atomic E-state index is 0.941. The van der Waals surface area contributed by atoms with E-state index >= 15 is 0 Å². The summed E-state index contributed by atoms with van der Waals surface area (Å²) in [6, 6.07) is 0. The molecule has 0 nitrogen and oxygen atoms in total. The Morgan fingerprint density at radius 2 is 2.27 bits per heavy atom. The highest BCUT2D eigenvalue weighted by molar-refractivity contribution is 4.87. The van der Waals surface area contributed by atoms with Crippen molar-refractivity contribution in [2.24, 2.45) is 5.92 Å². The van der Waals surface area contributed by atoms with Gasteiger partial charge in [-0.15, -0.1) is 0 Å². The molecule has 1 rings (SSSR count). The van der Waals surface area contributed by atoms with Crippen molar-refractivity contribution in [1.82, 2.24) is 0 Å². The van der Waals surface area contributed by atoms with Crippen LogP contribution < -0.4 is 0 Å². The highest BCUT2D eigenvalue weighted by atomic mass is 14.1. The molecule has 0 amide bonds. The van der Waals surface area contributed by atoms with Gasteiger partial charge in [-0.05, 0) is 38.0 Å². The molecule has 0 fully saturated rings. The topological polar surface area (TPSA) is 0 Å². The van der Waals surface area contributed by atoms with Crippen LogP contribution in [-0.4, -0.2) is 0 Å². The average Bonchev–Trinajstić information content (AvgIpc) is 1.94. The Bertz CT molecular complexity index is 113. The maximum absolute atomic E-state index is 2.37. The molecule has 0 aromatic heterocycles. The molecule has 0 aromatic carbocycles. The Kier molecular flexibility index (Phi) is 4.33. The summed E-state index contributed by atoms with van der Waals surface area (Å²) >= 11 is 0. The van der Waals surface area contributed by atoms with Crippen LogP contribution in [-0.2, 0) is 0 Å². The van der Waals surface area contributed by atoms with Gasteiger partial charge < -0.3 is 0 Å². The normalized spacial score (nSPS) is 29.0. The summed E-state index contributed by atoms with van der Waals surface area (Å²) in [5.74, 6) is 0.941. The Labute approximate surface area is 70.7 Å². The molecule has 0 heteroatoms. The first kappa shape index (κ1) is 8.83. The van der Waals surface area contributed by atoms with Gasteiger partial charge in [0.2, 0.25) is 0 Å². The first-order chi connectivity index (χ1) is 5.43. The summed E-state index contributed by atoms with van der Waals surface area (Å²) in [6.45, 7) is 2.17. The van der Waals surface area contributed by atoms with Gasteiger partial charge in [0.05, 0.1) is 0 Å². The first-order valence-electron chi connectivity index (χ1n) is 4.86. The summed E-state index contributed by atoms with van der Waals surface area (Å²) in [4.78, 5) is 0. The monoisotopic (exact) mass is 151 g/mol. The summed E-state index contributed by atoms with van der Waals surface area (Å²) in [5, 5.41) is 0. The highest BCUT2D eigenvalue weighted by Crippen LogP contribution is 2.21. The fourth-order valence-electron chi connectivity index (χ4n) is 1.77. The standard InChI is InChI=1S/C11H19/c1-2-8-11-9-6-4-3-5-7-10-11/h2,4,6,11H,3,5,7-10H2,1H3/b6-4-. The van der Waals surface area contributed by atoms with Crippen molar-refractivity contribution in [3.05, 3.63) is 18.6 Å². The molecular formula is C11H19. The lowest BCUT2D eigenvalue weighted by Crippen LogP contribution is -2.00. The van der Waals surface area contributed by atoms with Gasteiger partial charge in [0, 0.05) is 0 Å². The molecule has 1 aliphatic carbocycles. The van der Waals surface area contributed by atoms with Gasteiger partial charge in [-0.3, -0.25) is 0 Å². The van der Waals surface area contributed by atoms with E-state index in [2.05, 4.69) is 25.5 Å². The third-order valence-electron chi connectivity index (χ3n) is 2.44. The first-order valence-corrected chi connectivity index (χ1v) is 4.86. The van der Waals surface area contributed by atoms with Crippen LogP contribution in [0.3, 0.4) is 0 Å². The highest BCUT2D eigenvalue weighted by Gasteiger charge is 2.06. The molecule has 0 saturated heterocycles. The van der Waals surface area contributed by atoms with Crippen molar-refractivity contribution in [2.75, 3.05) is 0 Å². The Hall–Kier alpha value is -0.260. The predicted octanol–water partition coefficient (Wildman–Crippen LogP) is 3.74. The molecular weight excluding hydrogens is 132 g/mol. The van der Waals surface area contributed by atoms with Crippen LogP contribution >= 0.6 is 0 Å². The number of allylic oxidation sites excluding steroid dienone is 2. The van der Waals surface area contributed by atoms with Crippen LogP contribution in [0.15, 0.2) is 12.2 Å². The van der Waals surface area contributed by atoms with E-state index in [1.165, 1.54) is 38.5 Å². The fraction of sp³-hybridized carbons (Fsp3) is 0.727. The molecule has 11 heavy (non-hydrogen) atoms. The summed E-state index contributed by atoms with van der Waals surface area (Å²) in [7, 11) is 0. The second-order valence-electron chi connectivity index (χ2n) is 3.50. The second-order valence-corrected chi connectivity index (χ2v) is 3.50. The van der Waals surface area contributed by atoms with E-state index < -0.39 is 0 Å². The largest absolute Gasteiger partial charge is 0.0885 e. The maximum Gasteiger partial charge on any atom is -0.0322 e. The quantitative estimate of drug-likeness (QED) is 0.527. The third kappa shape index (κ3) is 3.60. The SMILES string of the molecule is C[CH]CC1C/C=C\CCCC1. The minimum Gasteiger partial charge on any atom is -0.0885 e. The van der Waals surface area contributed by atoms with Crippen molar-refractivity contribution in [3.63, 3.8) is 0 Å². The number of rotatable bonds is 2. The summed E-state index contributed by atoms with van der Waals surface area (Å²) in [6.07, 6.45) is 15.2. The molecule has 0 N–H and O–H groups in total. The predicted molar refractivity (Wildman–Crippen MR) is 50.3 cm³/mol. The Morgan fingerprint density at radius 1 is 1.36 bits per heavy atom. The molecule has 0 saturated carbocycles. The van der Waals surface area contributed by atoms with Crippen molar-refractivity contribution < 1.29 is 0 Å². The van der Waals surface area contributed by atoms with Crippen LogP contribution in [0.25, 0.3) is 0 Å². The van der Waals surface area contributed by atoms with Gasteiger partial charge in [0.15, 0.2) is 0 Å². The van der Waals surface area contributed by atoms with Gasteiger partial charge in [-0.1, -0.05) is 31.9 Å². The Balaban J connectivity index is 2.26. The van der Waals surface area contributed by atoms with Crippen molar-refractivity contribution in [2.45, 2.75) is 45.4 Å². The molecule has 0 heterocycles. The molecule has 0 spiro atoms. The van der Waals surface area contributed by atoms with Crippen LogP contribution in [0.5, 0.6) is 0 Å². The lowest BCUT2D eigenvalue weighted by molar-refractivity contribution is 0.452. The number of hydrogen-bond acceptors (Lipinski definition) is 0. The van der Waals surface area contributed by atoms with Crippen molar-refractivity contribution in [3.8, 4) is 0 Å². The van der Waals surface area contributed by atoms with E-state index in [1.807, 2.05) is 0 Å². The van der Waals surface area contributed by atoms with Gasteiger partial charge in [-0.25, -0.2) is 0 Å². The average molecular weight is 151 g/mol. The smallest absolute Gasteiger partial charge is 0.0322 e. The van der Waals surface area contributed by atoms with Crippen LogP contribution in [0.4, 0.5) is 0 Å². The minimum atomic E-state index is 0.941. The second kappa shape index (κ2) is 5.40. The third-order valence-corrected chi connectivity index (χ3v) is 2.44. The summed E-state index contributed by atoms with van der Waals surface area (Å²) in [5.41, 5.74) is 0. The molecule has 1 unspecified atom stereocenters. The van der Waals surface area contributed by atoms with Gasteiger partial charge >= 0.3 is 0 Å². The molecule has 0 bridgehead atoms. The lowest BCUT2D eigenvalue weighted by Gasteiger charge is -2.15. The van der Waals surface area contributed by atoms with E-state index in [0.29, 0.717) is 0 Å². The molecule has 63 valence electrons. The van der Waals surface area contributed by atoms with E-state index in [0.717, 1.165) is 5.92 Å². The Morgan fingerprint density at radius 3 is 3.09 bits per heavy atom. The van der Waals surface area contributed by atoms with Crippen LogP contribution in [0.1, 0.15) is 45.4 Å². The lowest BCUT2D eigenvalue weighted by atomic mass is 9.91. The molecule has 0 aromatic rings. The van der Waals surface area contributed by atoms with E-state index in [-0.39, 0.29) is 0 Å². The van der Waals surface area contributed by atoms with Gasteiger partial charge in [0.1, 0.15) is 0 Å². The fourth-order valence-corrected chi connectivity index (χ4v) is 1.77. The van der Waals surface area contributed by atoms with Crippen molar-refractivity contribution >= 4 is 0 Å².